The van der Waals surface area contributed by atoms with E-state index in [2.05, 4.69) is 33.6 Å². The maximum atomic E-state index is 11.8. The summed E-state index contributed by atoms with van der Waals surface area (Å²) in [6.07, 6.45) is 4.78. The van der Waals surface area contributed by atoms with Gasteiger partial charge in [0, 0.05) is 18.8 Å². The van der Waals surface area contributed by atoms with Gasteiger partial charge in [-0.05, 0) is 36.0 Å². The summed E-state index contributed by atoms with van der Waals surface area (Å²) in [4.78, 5) is 16.6. The number of hydrogen-bond donors (Lipinski definition) is 2. The fraction of sp³-hybridized carbons (Fsp3) is 0.312. The largest absolute Gasteiger partial charge is 0.353 e. The third kappa shape index (κ3) is 2.62. The van der Waals surface area contributed by atoms with E-state index in [1.54, 1.807) is 0 Å². The Morgan fingerprint density at radius 2 is 2.30 bits per heavy atom. The number of aryl methyl sites for hydroxylation is 1. The van der Waals surface area contributed by atoms with E-state index in [1.165, 1.54) is 44.8 Å². The van der Waals surface area contributed by atoms with Crippen LogP contribution in [0.25, 0.3) is 4.96 Å². The van der Waals surface area contributed by atoms with Crippen molar-refractivity contribution in [2.45, 2.75) is 31.8 Å². The number of anilines is 1. The Kier molecular flexibility index (Phi) is 3.59. The maximum absolute atomic E-state index is 11.8. The zero-order chi connectivity index (χ0) is 15.8. The SMILES string of the molecule is NCc1ccc2c(c1)CCCC2Nc1nn2c(=O)ccnc2s1. The molecule has 1 atom stereocenters. The number of nitrogens with two attached hydrogens (primary N) is 1. The van der Waals surface area contributed by atoms with Crippen LogP contribution in [-0.2, 0) is 13.0 Å². The van der Waals surface area contributed by atoms with E-state index >= 15 is 0 Å². The molecule has 2 heterocycles. The lowest BCUT2D eigenvalue weighted by Gasteiger charge is -2.26. The van der Waals surface area contributed by atoms with Crippen molar-refractivity contribution in [3.05, 3.63) is 57.5 Å². The van der Waals surface area contributed by atoms with Crippen LogP contribution in [0.3, 0.4) is 0 Å². The highest BCUT2D eigenvalue weighted by atomic mass is 32.1. The number of rotatable bonds is 3. The molecule has 6 nitrogen and oxygen atoms in total. The summed E-state index contributed by atoms with van der Waals surface area (Å²) in [5.74, 6) is 0. The second kappa shape index (κ2) is 5.75. The fourth-order valence-electron chi connectivity index (χ4n) is 3.10. The number of benzene rings is 1. The summed E-state index contributed by atoms with van der Waals surface area (Å²) >= 11 is 1.40. The van der Waals surface area contributed by atoms with Gasteiger partial charge in [-0.25, -0.2) is 4.98 Å². The van der Waals surface area contributed by atoms with Crippen LogP contribution in [0.5, 0.6) is 0 Å². The highest BCUT2D eigenvalue weighted by Crippen LogP contribution is 2.33. The lowest BCUT2D eigenvalue weighted by molar-refractivity contribution is 0.598. The van der Waals surface area contributed by atoms with E-state index in [0.29, 0.717) is 11.5 Å². The van der Waals surface area contributed by atoms with Crippen LogP contribution < -0.4 is 16.6 Å². The maximum Gasteiger partial charge on any atom is 0.275 e. The molecule has 3 aromatic rings. The first-order chi connectivity index (χ1) is 11.2. The molecule has 0 radical (unpaired) electrons. The molecule has 3 N–H and O–H groups in total. The molecule has 0 fully saturated rings. The summed E-state index contributed by atoms with van der Waals surface area (Å²) in [5, 5.41) is 8.53. The Morgan fingerprint density at radius 1 is 1.39 bits per heavy atom. The van der Waals surface area contributed by atoms with Crippen molar-refractivity contribution in [1.29, 1.82) is 0 Å². The average Bonchev–Trinajstić information content (AvgIpc) is 2.98. The van der Waals surface area contributed by atoms with Crippen LogP contribution in [0.2, 0.25) is 0 Å². The van der Waals surface area contributed by atoms with Crippen molar-refractivity contribution in [2.75, 3.05) is 5.32 Å². The van der Waals surface area contributed by atoms with Gasteiger partial charge in [0.15, 0.2) is 0 Å². The molecule has 1 aliphatic carbocycles. The molecule has 4 rings (SSSR count). The van der Waals surface area contributed by atoms with Crippen LogP contribution in [0.1, 0.15) is 35.6 Å². The topological polar surface area (TPSA) is 85.3 Å². The van der Waals surface area contributed by atoms with Crippen LogP contribution in [-0.4, -0.2) is 14.6 Å². The predicted molar refractivity (Wildman–Crippen MR) is 90.8 cm³/mol. The Morgan fingerprint density at radius 3 is 3.13 bits per heavy atom. The van der Waals surface area contributed by atoms with Gasteiger partial charge >= 0.3 is 0 Å². The summed E-state index contributed by atoms with van der Waals surface area (Å²) in [6.45, 7) is 0.567. The molecule has 0 amide bonds. The van der Waals surface area contributed by atoms with Crippen molar-refractivity contribution in [3.8, 4) is 0 Å². The van der Waals surface area contributed by atoms with Crippen molar-refractivity contribution >= 4 is 21.4 Å². The number of fused-ring (bicyclic) bond motifs is 2. The highest BCUT2D eigenvalue weighted by Gasteiger charge is 2.21. The number of nitrogens with one attached hydrogen (secondary N) is 1. The molecule has 0 bridgehead atoms. The summed E-state index contributed by atoms with van der Waals surface area (Å²) < 4.78 is 1.34. The number of aromatic nitrogens is 3. The van der Waals surface area contributed by atoms with E-state index in [1.807, 2.05) is 0 Å². The van der Waals surface area contributed by atoms with Gasteiger partial charge in [-0.15, -0.1) is 5.10 Å². The second-order valence-corrected chi connectivity index (χ2v) is 6.67. The Balaban J connectivity index is 1.67. The summed E-state index contributed by atoms with van der Waals surface area (Å²) in [6, 6.07) is 8.07. The molecule has 0 aliphatic heterocycles. The smallest absolute Gasteiger partial charge is 0.275 e. The Hall–Kier alpha value is -2.25. The van der Waals surface area contributed by atoms with Gasteiger partial charge in [-0.3, -0.25) is 4.79 Å². The molecule has 23 heavy (non-hydrogen) atoms. The molecule has 0 saturated carbocycles. The highest BCUT2D eigenvalue weighted by molar-refractivity contribution is 7.20. The van der Waals surface area contributed by atoms with Gasteiger partial charge in [0.1, 0.15) is 0 Å². The lowest BCUT2D eigenvalue weighted by Crippen LogP contribution is -2.18. The van der Waals surface area contributed by atoms with Gasteiger partial charge in [0.2, 0.25) is 10.1 Å². The zero-order valence-electron chi connectivity index (χ0n) is 12.5. The van der Waals surface area contributed by atoms with Gasteiger partial charge in [-0.2, -0.15) is 4.52 Å². The predicted octanol–water partition coefficient (Wildman–Crippen LogP) is 2.10. The van der Waals surface area contributed by atoms with E-state index in [-0.39, 0.29) is 11.6 Å². The molecule has 2 aromatic heterocycles. The van der Waals surface area contributed by atoms with Crippen molar-refractivity contribution in [1.82, 2.24) is 14.6 Å². The third-order valence-electron chi connectivity index (χ3n) is 4.23. The number of hydrogen-bond acceptors (Lipinski definition) is 6. The standard InChI is InChI=1S/C16H17N5OS/c17-9-10-4-5-12-11(8-10)2-1-3-13(12)19-15-20-21-14(22)6-7-18-16(21)23-15/h4-8,13H,1-3,9,17H2,(H,19,20). The van der Waals surface area contributed by atoms with Crippen molar-refractivity contribution < 1.29 is 0 Å². The van der Waals surface area contributed by atoms with E-state index in [9.17, 15) is 4.79 Å². The van der Waals surface area contributed by atoms with Crippen LogP contribution >= 0.6 is 11.3 Å². The van der Waals surface area contributed by atoms with Crippen LogP contribution in [0.15, 0.2) is 35.3 Å². The molecular formula is C16H17N5OS. The van der Waals surface area contributed by atoms with E-state index < -0.39 is 0 Å². The molecule has 7 heteroatoms. The molecular weight excluding hydrogens is 310 g/mol. The van der Waals surface area contributed by atoms with Crippen molar-refractivity contribution in [3.63, 3.8) is 0 Å². The molecule has 0 saturated heterocycles. The molecule has 1 unspecified atom stereocenters. The first-order valence-electron chi connectivity index (χ1n) is 7.68. The molecule has 1 aromatic carbocycles. The second-order valence-electron chi connectivity index (χ2n) is 5.71. The lowest BCUT2D eigenvalue weighted by atomic mass is 9.86. The Bertz CT molecular complexity index is 916. The first-order valence-corrected chi connectivity index (χ1v) is 8.49. The van der Waals surface area contributed by atoms with Gasteiger partial charge in [0.05, 0.1) is 6.04 Å². The minimum atomic E-state index is -0.157. The monoisotopic (exact) mass is 327 g/mol. The Labute approximate surface area is 137 Å². The number of nitrogens with zero attached hydrogens (tertiary/aromatic N) is 3. The van der Waals surface area contributed by atoms with Crippen LogP contribution in [0.4, 0.5) is 5.13 Å². The quantitative estimate of drug-likeness (QED) is 0.769. The fourth-order valence-corrected chi connectivity index (χ4v) is 3.92. The summed E-state index contributed by atoms with van der Waals surface area (Å²) in [5.41, 5.74) is 9.40. The van der Waals surface area contributed by atoms with Gasteiger partial charge < -0.3 is 11.1 Å². The first kappa shape index (κ1) is 14.3. The van der Waals surface area contributed by atoms with Crippen molar-refractivity contribution in [2.24, 2.45) is 5.73 Å². The van der Waals surface area contributed by atoms with E-state index in [0.717, 1.165) is 24.4 Å². The zero-order valence-corrected chi connectivity index (χ0v) is 13.3. The van der Waals surface area contributed by atoms with Gasteiger partial charge in [-0.1, -0.05) is 29.5 Å². The molecule has 1 aliphatic rings. The minimum absolute atomic E-state index is 0.157. The van der Waals surface area contributed by atoms with Crippen LogP contribution in [0, 0.1) is 0 Å². The normalized spacial score (nSPS) is 17.2. The molecule has 0 spiro atoms. The average molecular weight is 327 g/mol. The minimum Gasteiger partial charge on any atom is -0.353 e. The van der Waals surface area contributed by atoms with E-state index in [4.69, 9.17) is 5.73 Å². The molecule has 118 valence electrons. The summed E-state index contributed by atoms with van der Waals surface area (Å²) in [7, 11) is 0. The third-order valence-corrected chi connectivity index (χ3v) is 5.08. The van der Waals surface area contributed by atoms with Gasteiger partial charge in [0.25, 0.3) is 5.56 Å².